The number of nitrogens with zero attached hydrogens (tertiary/aromatic N) is 2. The number of rotatable bonds is 6. The molecule has 8 heteroatoms. The molecule has 0 unspecified atom stereocenters. The summed E-state index contributed by atoms with van der Waals surface area (Å²) >= 11 is 0. The van der Waals surface area contributed by atoms with Gasteiger partial charge in [-0.25, -0.2) is 13.6 Å². The zero-order valence-corrected chi connectivity index (χ0v) is 18.1. The van der Waals surface area contributed by atoms with Gasteiger partial charge in [-0.05, 0) is 61.9 Å². The molecule has 2 aromatic carbocycles. The van der Waals surface area contributed by atoms with Gasteiger partial charge in [0.1, 0.15) is 11.6 Å². The number of aromatic nitrogens is 2. The van der Waals surface area contributed by atoms with Gasteiger partial charge in [-0.15, -0.1) is 0 Å². The van der Waals surface area contributed by atoms with E-state index in [0.717, 1.165) is 30.5 Å². The van der Waals surface area contributed by atoms with E-state index in [1.165, 1.54) is 25.7 Å². The van der Waals surface area contributed by atoms with Gasteiger partial charge in [-0.2, -0.15) is 5.10 Å². The Morgan fingerprint density at radius 2 is 1.88 bits per heavy atom. The highest BCUT2D eigenvalue weighted by molar-refractivity contribution is 6.04. The molecule has 2 saturated carbocycles. The van der Waals surface area contributed by atoms with Crippen molar-refractivity contribution < 1.29 is 23.1 Å². The minimum atomic E-state index is -1.25. The van der Waals surface area contributed by atoms with Crippen LogP contribution < -0.4 is 5.32 Å². The van der Waals surface area contributed by atoms with Crippen LogP contribution in [-0.4, -0.2) is 28.8 Å². The molecule has 170 valence electrons. The molecular formula is C25H23F2N3O3. The van der Waals surface area contributed by atoms with Crippen molar-refractivity contribution in [2.45, 2.75) is 43.6 Å². The quantitative estimate of drug-likeness (QED) is 0.535. The number of halogens is 2. The number of esters is 1. The standard InChI is InChI=1S/C25H23F2N3O3/c1-33-23(31)19-12-16(8-9-18(19)15-13-28-30(14-15)17-4-2-5-17)29-24(32)25(10-11-25)22-20(26)6-3-7-21(22)27/h3,6-9,12-14,17H,2,4-5,10-11H2,1H3,(H,29,32). The van der Waals surface area contributed by atoms with Crippen molar-refractivity contribution >= 4 is 17.6 Å². The van der Waals surface area contributed by atoms with Crippen LogP contribution >= 0.6 is 0 Å². The lowest BCUT2D eigenvalue weighted by molar-refractivity contribution is -0.118. The molecule has 5 rings (SSSR count). The van der Waals surface area contributed by atoms with Crippen LogP contribution in [0.2, 0.25) is 0 Å². The molecule has 2 aliphatic carbocycles. The van der Waals surface area contributed by atoms with Gasteiger partial charge >= 0.3 is 5.97 Å². The molecule has 1 N–H and O–H groups in total. The number of amides is 1. The number of benzene rings is 2. The van der Waals surface area contributed by atoms with E-state index < -0.39 is 28.9 Å². The molecule has 2 fully saturated rings. The number of hydrogen-bond acceptors (Lipinski definition) is 4. The van der Waals surface area contributed by atoms with Gasteiger partial charge in [0.25, 0.3) is 0 Å². The number of hydrogen-bond donors (Lipinski definition) is 1. The van der Waals surface area contributed by atoms with Gasteiger partial charge in [-0.3, -0.25) is 9.48 Å². The highest BCUT2D eigenvalue weighted by Gasteiger charge is 2.54. The molecule has 33 heavy (non-hydrogen) atoms. The summed E-state index contributed by atoms with van der Waals surface area (Å²) in [5.41, 5.74) is 0.558. The second-order valence-electron chi connectivity index (χ2n) is 8.68. The molecule has 6 nitrogen and oxygen atoms in total. The highest BCUT2D eigenvalue weighted by Crippen LogP contribution is 2.50. The number of carbonyl (C=O) groups excluding carboxylic acids is 2. The first-order chi connectivity index (χ1) is 15.9. The molecule has 2 aliphatic rings. The van der Waals surface area contributed by atoms with Crippen LogP contribution in [0.25, 0.3) is 11.1 Å². The summed E-state index contributed by atoms with van der Waals surface area (Å²) in [4.78, 5) is 25.6. The van der Waals surface area contributed by atoms with Gasteiger partial charge in [0.05, 0.1) is 30.3 Å². The summed E-state index contributed by atoms with van der Waals surface area (Å²) in [5, 5.41) is 7.16. The van der Waals surface area contributed by atoms with Crippen LogP contribution in [0.4, 0.5) is 14.5 Å². The fourth-order valence-corrected chi connectivity index (χ4v) is 4.40. The Labute approximate surface area is 189 Å². The van der Waals surface area contributed by atoms with Gasteiger partial charge < -0.3 is 10.1 Å². The van der Waals surface area contributed by atoms with Gasteiger partial charge in [0.2, 0.25) is 5.91 Å². The maximum Gasteiger partial charge on any atom is 0.338 e. The Balaban J connectivity index is 1.44. The molecular weight excluding hydrogens is 428 g/mol. The van der Waals surface area contributed by atoms with E-state index in [1.807, 2.05) is 10.9 Å². The third-order valence-corrected chi connectivity index (χ3v) is 6.67. The van der Waals surface area contributed by atoms with Crippen molar-refractivity contribution in [3.63, 3.8) is 0 Å². The molecule has 1 heterocycles. The van der Waals surface area contributed by atoms with E-state index in [1.54, 1.807) is 18.3 Å². The van der Waals surface area contributed by atoms with Gasteiger partial charge in [-0.1, -0.05) is 12.1 Å². The van der Waals surface area contributed by atoms with Crippen LogP contribution in [-0.2, 0) is 14.9 Å². The Hall–Kier alpha value is -3.55. The molecule has 0 spiro atoms. The monoisotopic (exact) mass is 451 g/mol. The Morgan fingerprint density at radius 3 is 2.48 bits per heavy atom. The fourth-order valence-electron chi connectivity index (χ4n) is 4.40. The Morgan fingerprint density at radius 1 is 1.15 bits per heavy atom. The summed E-state index contributed by atoms with van der Waals surface area (Å²) in [7, 11) is 1.29. The Kier molecular flexibility index (Phi) is 5.23. The van der Waals surface area contributed by atoms with Crippen LogP contribution in [0.15, 0.2) is 48.8 Å². The summed E-state index contributed by atoms with van der Waals surface area (Å²) in [5.74, 6) is -2.54. The van der Waals surface area contributed by atoms with E-state index in [0.29, 0.717) is 30.1 Å². The predicted molar refractivity (Wildman–Crippen MR) is 118 cm³/mol. The molecule has 0 atom stereocenters. The molecule has 0 bridgehead atoms. The summed E-state index contributed by atoms with van der Waals surface area (Å²) in [6.07, 6.45) is 7.65. The van der Waals surface area contributed by atoms with E-state index in [4.69, 9.17) is 4.74 Å². The summed E-state index contributed by atoms with van der Waals surface area (Å²) in [6, 6.07) is 8.86. The zero-order chi connectivity index (χ0) is 23.2. The van der Waals surface area contributed by atoms with Crippen molar-refractivity contribution in [1.82, 2.24) is 9.78 Å². The van der Waals surface area contributed by atoms with Crippen molar-refractivity contribution in [3.05, 3.63) is 71.6 Å². The highest BCUT2D eigenvalue weighted by atomic mass is 19.1. The lowest BCUT2D eigenvalue weighted by Gasteiger charge is -2.25. The first kappa shape index (κ1) is 21.3. The second-order valence-corrected chi connectivity index (χ2v) is 8.68. The van der Waals surface area contributed by atoms with Crippen LogP contribution in [0, 0.1) is 11.6 Å². The van der Waals surface area contributed by atoms with Gasteiger partial charge in [0, 0.05) is 23.0 Å². The second kappa shape index (κ2) is 8.10. The largest absolute Gasteiger partial charge is 0.465 e. The first-order valence-corrected chi connectivity index (χ1v) is 11.0. The van der Waals surface area contributed by atoms with Crippen molar-refractivity contribution in [2.24, 2.45) is 0 Å². The van der Waals surface area contributed by atoms with Crippen molar-refractivity contribution in [2.75, 3.05) is 12.4 Å². The SMILES string of the molecule is COC(=O)c1cc(NC(=O)C2(c3c(F)cccc3F)CC2)ccc1-c1cnn(C2CCC2)c1. The molecule has 1 aromatic heterocycles. The molecule has 3 aromatic rings. The molecule has 0 aliphatic heterocycles. The number of ether oxygens (including phenoxy) is 1. The number of methoxy groups -OCH3 is 1. The third kappa shape index (κ3) is 3.69. The zero-order valence-electron chi connectivity index (χ0n) is 18.1. The lowest BCUT2D eigenvalue weighted by atomic mass is 9.93. The average molecular weight is 451 g/mol. The third-order valence-electron chi connectivity index (χ3n) is 6.67. The van der Waals surface area contributed by atoms with E-state index in [9.17, 15) is 18.4 Å². The first-order valence-electron chi connectivity index (χ1n) is 11.0. The Bertz CT molecular complexity index is 1230. The maximum atomic E-state index is 14.3. The normalized spacial score (nSPS) is 16.7. The number of carbonyl (C=O) groups is 2. The average Bonchev–Trinajstić information content (AvgIpc) is 3.43. The summed E-state index contributed by atoms with van der Waals surface area (Å²) < 4.78 is 35.5. The fraction of sp³-hybridized carbons (Fsp3) is 0.320. The van der Waals surface area contributed by atoms with Gasteiger partial charge in [0.15, 0.2) is 0 Å². The van der Waals surface area contributed by atoms with Crippen molar-refractivity contribution in [1.29, 1.82) is 0 Å². The number of nitrogens with one attached hydrogen (secondary N) is 1. The summed E-state index contributed by atoms with van der Waals surface area (Å²) in [6.45, 7) is 0. The van der Waals surface area contributed by atoms with E-state index >= 15 is 0 Å². The topological polar surface area (TPSA) is 73.2 Å². The van der Waals surface area contributed by atoms with Crippen molar-refractivity contribution in [3.8, 4) is 11.1 Å². The predicted octanol–water partition coefficient (Wildman–Crippen LogP) is 5.01. The van der Waals surface area contributed by atoms with Crippen LogP contribution in [0.3, 0.4) is 0 Å². The molecule has 0 radical (unpaired) electrons. The minimum absolute atomic E-state index is 0.212. The van der Waals surface area contributed by atoms with Crippen LogP contribution in [0.5, 0.6) is 0 Å². The van der Waals surface area contributed by atoms with Crippen LogP contribution in [0.1, 0.15) is 54.1 Å². The molecule has 0 saturated heterocycles. The van der Waals surface area contributed by atoms with E-state index in [2.05, 4.69) is 10.4 Å². The lowest BCUT2D eigenvalue weighted by Crippen LogP contribution is -2.29. The molecule has 1 amide bonds. The smallest absolute Gasteiger partial charge is 0.338 e. The number of anilines is 1. The maximum absolute atomic E-state index is 14.3. The van der Waals surface area contributed by atoms with E-state index in [-0.39, 0.29) is 11.1 Å². The minimum Gasteiger partial charge on any atom is -0.465 e.